The van der Waals surface area contributed by atoms with Gasteiger partial charge in [-0.1, -0.05) is 26.0 Å². The number of hydrogen-bond acceptors (Lipinski definition) is 9. The molecule has 0 bridgehead atoms. The van der Waals surface area contributed by atoms with Crippen molar-refractivity contribution in [2.45, 2.75) is 133 Å². The van der Waals surface area contributed by atoms with Crippen LogP contribution in [0.3, 0.4) is 0 Å². The highest BCUT2D eigenvalue weighted by molar-refractivity contribution is 7.91. The number of ketones is 1. The second-order valence-corrected chi connectivity index (χ2v) is 19.3. The van der Waals surface area contributed by atoms with E-state index in [-0.39, 0.29) is 31.8 Å². The van der Waals surface area contributed by atoms with Gasteiger partial charge in [-0.05, 0) is 110 Å². The van der Waals surface area contributed by atoms with E-state index >= 15 is 0 Å². The number of fused-ring (bicyclic) bond motifs is 2. The Morgan fingerprint density at radius 1 is 1.05 bits per heavy atom. The Morgan fingerprint density at radius 2 is 1.71 bits per heavy atom. The molecule has 7 atom stereocenters. The van der Waals surface area contributed by atoms with Gasteiger partial charge in [0.2, 0.25) is 15.9 Å². The average molecular weight is 800 g/mol. The van der Waals surface area contributed by atoms with Gasteiger partial charge in [0, 0.05) is 12.5 Å². The Morgan fingerprint density at radius 3 is 2.31 bits per heavy atom. The molecule has 0 radical (unpaired) electrons. The Labute approximate surface area is 319 Å². The highest BCUT2D eigenvalue weighted by atomic mass is 32.2. The summed E-state index contributed by atoms with van der Waals surface area (Å²) < 4.78 is 76.3. The van der Waals surface area contributed by atoms with Crippen LogP contribution < -0.4 is 15.4 Å². The zero-order valence-electron chi connectivity index (χ0n) is 32.0. The van der Waals surface area contributed by atoms with Crippen LogP contribution in [0.5, 0.6) is 0 Å². The number of sulfonamides is 1. The van der Waals surface area contributed by atoms with E-state index in [2.05, 4.69) is 22.3 Å². The molecule has 3 fully saturated rings. The van der Waals surface area contributed by atoms with Crippen LogP contribution in [0.2, 0.25) is 0 Å². The molecule has 5 rings (SSSR count). The number of carbonyl (C=O) groups is 5. The normalized spacial score (nSPS) is 32.2. The third-order valence-corrected chi connectivity index (χ3v) is 13.4. The van der Waals surface area contributed by atoms with Crippen molar-refractivity contribution in [3.8, 4) is 0 Å². The van der Waals surface area contributed by atoms with E-state index in [1.807, 2.05) is 13.0 Å². The number of carbonyl (C=O) groups excluding carboxylic acids is 4. The summed E-state index contributed by atoms with van der Waals surface area (Å²) in [6.07, 6.45) is -0.0399. The van der Waals surface area contributed by atoms with Crippen LogP contribution in [0.25, 0.3) is 0 Å². The van der Waals surface area contributed by atoms with Gasteiger partial charge in [0.1, 0.15) is 17.2 Å². The molecule has 18 heteroatoms. The summed E-state index contributed by atoms with van der Waals surface area (Å²) in [7, 11) is -4.08. The van der Waals surface area contributed by atoms with E-state index in [0.717, 1.165) is 12.8 Å². The topological polar surface area (TPSA) is 192 Å². The lowest BCUT2D eigenvalue weighted by atomic mass is 9.91. The molecule has 2 saturated carbocycles. The maximum Gasteiger partial charge on any atom is 0.418 e. The predicted molar refractivity (Wildman–Crippen MR) is 194 cm³/mol. The fourth-order valence-electron chi connectivity index (χ4n) is 7.77. The van der Waals surface area contributed by atoms with Crippen LogP contribution >= 0.6 is 0 Å². The minimum absolute atomic E-state index is 0.103. The van der Waals surface area contributed by atoms with Gasteiger partial charge >= 0.3 is 18.4 Å². The highest BCUT2D eigenvalue weighted by Gasteiger charge is 2.63. The van der Waals surface area contributed by atoms with Crippen molar-refractivity contribution in [3.63, 3.8) is 0 Å². The molecule has 5 aliphatic rings. The smallest absolute Gasteiger partial charge is 0.418 e. The molecule has 1 saturated heterocycles. The zero-order chi connectivity index (χ0) is 40.9. The third kappa shape index (κ3) is 9.38. The fraction of sp³-hybridized carbons (Fsp3) is 0.703. The molecule has 0 unspecified atom stereocenters. The second kappa shape index (κ2) is 15.2. The number of ether oxygens (including phenoxy) is 1. The summed E-state index contributed by atoms with van der Waals surface area (Å²) in [5.74, 6) is -2.72. The summed E-state index contributed by atoms with van der Waals surface area (Å²) in [6, 6.07) is -4.58. The number of allylic oxidation sites excluding steroid dienone is 3. The summed E-state index contributed by atoms with van der Waals surface area (Å²) in [5, 5.41) is 15.5. The minimum atomic E-state index is -5.16. The first-order valence-electron chi connectivity index (χ1n) is 18.7. The first kappa shape index (κ1) is 42.2. The van der Waals surface area contributed by atoms with Gasteiger partial charge in [0.15, 0.2) is 5.78 Å². The summed E-state index contributed by atoms with van der Waals surface area (Å²) in [6.45, 7) is 10.2. The van der Waals surface area contributed by atoms with Gasteiger partial charge in [0.25, 0.3) is 5.91 Å². The number of rotatable bonds is 6. The summed E-state index contributed by atoms with van der Waals surface area (Å²) in [5.41, 5.74) is -5.24. The monoisotopic (exact) mass is 799 g/mol. The van der Waals surface area contributed by atoms with Gasteiger partial charge in [-0.15, -0.1) is 0 Å². The lowest BCUT2D eigenvalue weighted by Gasteiger charge is -2.36. The standard InChI is InChI=1S/C37H52F3N5O9S/c1-21-9-7-8-10-23-19-36(23,31(48)43-55(52,53)35(6)14-15-35)42-30(47)26-18-24(20-44(26)16-13-22(2)17-21)45(33(50)51)29-25(37(38,39)40)11-12-27(46)28(29)41-32(49)54-34(3,4)5/h8,10-12,21-24,26,28H,7,9,13-20H2,1-6H3,(H,41,49)(H,42,47)(H,43,48)(H,50,51)/b10-8-/t21-,22+,23-,24-,26+,28-,36-/m1/s1. The SMILES string of the molecule is C[C@@H]1CC/C=C\[C@@H]2C[C@@]2(C(=O)NS(=O)(=O)C2(C)CC2)NC(=O)[C@@H]2C[C@@H](N(C(=O)O)C3=C(C(F)(F)F)C=CC(=O)[C@H]3NC(=O)OC(C)(C)C)CN2CC[C@H](C)C1. The molecule has 4 N–H and O–H groups in total. The van der Waals surface area contributed by atoms with Gasteiger partial charge in [-0.3, -0.25) is 28.9 Å². The second-order valence-electron chi connectivity index (χ2n) is 17.1. The van der Waals surface area contributed by atoms with Gasteiger partial charge in [-0.2, -0.15) is 13.2 Å². The molecule has 0 aromatic carbocycles. The van der Waals surface area contributed by atoms with Crippen LogP contribution in [0.15, 0.2) is 35.6 Å². The fourth-order valence-corrected chi connectivity index (χ4v) is 9.08. The quantitative estimate of drug-likeness (QED) is 0.278. The number of alkyl halides is 3. The first-order valence-corrected chi connectivity index (χ1v) is 20.2. The van der Waals surface area contributed by atoms with Crippen LogP contribution in [0.1, 0.15) is 92.9 Å². The maximum absolute atomic E-state index is 14.6. The Bertz CT molecular complexity index is 1790. The molecule has 0 spiro atoms. The van der Waals surface area contributed by atoms with E-state index in [4.69, 9.17) is 4.74 Å². The molecule has 3 aliphatic carbocycles. The molecule has 4 amide bonds. The molecule has 2 aliphatic heterocycles. The van der Waals surface area contributed by atoms with Crippen molar-refractivity contribution in [3.05, 3.63) is 35.6 Å². The molecular weight excluding hydrogens is 747 g/mol. The number of alkyl carbamates (subject to hydrolysis) is 1. The van der Waals surface area contributed by atoms with E-state index in [9.17, 15) is 50.7 Å². The Hall–Kier alpha value is -3.93. The first-order chi connectivity index (χ1) is 25.4. The van der Waals surface area contributed by atoms with Crippen molar-refractivity contribution in [1.82, 2.24) is 25.2 Å². The van der Waals surface area contributed by atoms with Crippen molar-refractivity contribution in [2.75, 3.05) is 13.1 Å². The largest absolute Gasteiger partial charge is 0.465 e. The Balaban J connectivity index is 1.51. The number of carboxylic acid groups (broad SMARTS) is 1. The van der Waals surface area contributed by atoms with Crippen molar-refractivity contribution in [1.29, 1.82) is 0 Å². The van der Waals surface area contributed by atoms with Crippen LogP contribution in [-0.2, 0) is 29.1 Å². The highest BCUT2D eigenvalue weighted by Crippen LogP contribution is 2.48. The van der Waals surface area contributed by atoms with Crippen molar-refractivity contribution < 1.29 is 55.4 Å². The number of nitrogens with zero attached hydrogens (tertiary/aromatic N) is 2. The molecule has 0 aromatic rings. The van der Waals surface area contributed by atoms with E-state index < -0.39 is 97.2 Å². The number of hydrogen-bond donors (Lipinski definition) is 4. The maximum atomic E-state index is 14.6. The van der Waals surface area contributed by atoms with Crippen molar-refractivity contribution in [2.24, 2.45) is 17.8 Å². The van der Waals surface area contributed by atoms with E-state index in [1.165, 1.54) is 27.7 Å². The van der Waals surface area contributed by atoms with Gasteiger partial charge in [-0.25, -0.2) is 18.0 Å². The summed E-state index contributed by atoms with van der Waals surface area (Å²) >= 11 is 0. The van der Waals surface area contributed by atoms with Crippen LogP contribution in [-0.4, -0.2) is 106 Å². The van der Waals surface area contributed by atoms with Crippen molar-refractivity contribution >= 4 is 39.8 Å². The van der Waals surface area contributed by atoms with E-state index in [0.29, 0.717) is 48.7 Å². The number of amides is 4. The number of nitrogens with one attached hydrogen (secondary N) is 3. The molecular formula is C37H52F3N5O9S. The lowest BCUT2D eigenvalue weighted by Crippen LogP contribution is -2.56. The van der Waals surface area contributed by atoms with Crippen LogP contribution in [0, 0.1) is 17.8 Å². The summed E-state index contributed by atoms with van der Waals surface area (Å²) in [4.78, 5) is 69.2. The lowest BCUT2D eigenvalue weighted by molar-refractivity contribution is -0.132. The zero-order valence-corrected chi connectivity index (χ0v) is 32.8. The van der Waals surface area contributed by atoms with Gasteiger partial charge in [0.05, 0.1) is 28.1 Å². The molecule has 14 nitrogen and oxygen atoms in total. The third-order valence-electron chi connectivity index (χ3n) is 11.2. The molecule has 55 heavy (non-hydrogen) atoms. The number of halogens is 3. The molecule has 0 aromatic heterocycles. The van der Waals surface area contributed by atoms with E-state index in [1.54, 1.807) is 11.0 Å². The Kier molecular flexibility index (Phi) is 11.7. The predicted octanol–water partition coefficient (Wildman–Crippen LogP) is 4.53. The van der Waals surface area contributed by atoms with Gasteiger partial charge < -0.3 is 20.5 Å². The molecule has 2 heterocycles. The van der Waals surface area contributed by atoms with Crippen LogP contribution in [0.4, 0.5) is 22.8 Å². The molecule has 306 valence electrons. The average Bonchev–Trinajstić information content (AvgIpc) is 3.92. The minimum Gasteiger partial charge on any atom is -0.465 e.